The molecule has 1 aliphatic heterocycles. The van der Waals surface area contributed by atoms with Crippen LogP contribution in [0.25, 0.3) is 10.2 Å². The van der Waals surface area contributed by atoms with Crippen molar-refractivity contribution in [2.24, 2.45) is 4.99 Å². The number of hydrogen-bond donors (Lipinski definition) is 0. The molecule has 1 amide bonds. The number of sulfonamides is 1. The van der Waals surface area contributed by atoms with Gasteiger partial charge in [-0.25, -0.2) is 8.42 Å². The summed E-state index contributed by atoms with van der Waals surface area (Å²) in [4.78, 5) is 40.7. The number of nitro groups is 1. The number of hydrogen-bond acceptors (Lipinski definition) is 8. The molecule has 190 valence electrons. The third kappa shape index (κ3) is 5.08. The van der Waals surface area contributed by atoms with Gasteiger partial charge < -0.3 is 9.30 Å². The number of esters is 1. The Morgan fingerprint density at radius 1 is 1.22 bits per heavy atom. The van der Waals surface area contributed by atoms with Crippen LogP contribution in [0.5, 0.6) is 0 Å². The number of aryl methyl sites for hydroxylation is 1. The molecular weight excluding hydrogens is 508 g/mol. The van der Waals surface area contributed by atoms with Crippen molar-refractivity contribution in [3.63, 3.8) is 0 Å². The number of thiazole rings is 1. The first kappa shape index (κ1) is 25.7. The summed E-state index contributed by atoms with van der Waals surface area (Å²) >= 11 is 1.08. The number of non-ortho nitro benzene ring substituents is 1. The largest absolute Gasteiger partial charge is 0.465 e. The van der Waals surface area contributed by atoms with Crippen LogP contribution in [-0.2, 0) is 30.9 Å². The standard InChI is InChI=1S/C23H24N4O7S2/c1-3-34-21(28)14-25-19-13-16(27(30)31)8-11-20(19)35-23(25)24-22(29)18-5-4-12-26(18)36(32,33)17-9-6-15(2)7-10-17/h6-11,13,18H,3-5,12,14H2,1-2H3. The molecule has 0 N–H and O–H groups in total. The molecule has 1 aliphatic rings. The molecule has 1 atom stereocenters. The molecule has 1 unspecified atom stereocenters. The molecule has 1 aromatic heterocycles. The van der Waals surface area contributed by atoms with Gasteiger partial charge in [0.2, 0.25) is 10.0 Å². The van der Waals surface area contributed by atoms with E-state index in [2.05, 4.69) is 4.99 Å². The lowest BCUT2D eigenvalue weighted by molar-refractivity contribution is -0.384. The Hall–Kier alpha value is -3.42. The zero-order chi connectivity index (χ0) is 26.0. The van der Waals surface area contributed by atoms with Crippen LogP contribution in [0.1, 0.15) is 25.3 Å². The van der Waals surface area contributed by atoms with Crippen molar-refractivity contribution in [1.29, 1.82) is 0 Å². The van der Waals surface area contributed by atoms with Crippen molar-refractivity contribution in [3.05, 3.63) is 62.9 Å². The third-order valence-electron chi connectivity index (χ3n) is 5.79. The normalized spacial score (nSPS) is 16.9. The van der Waals surface area contributed by atoms with Gasteiger partial charge in [-0.05, 0) is 44.9 Å². The van der Waals surface area contributed by atoms with Crippen LogP contribution in [0.15, 0.2) is 52.4 Å². The van der Waals surface area contributed by atoms with E-state index in [-0.39, 0.29) is 35.1 Å². The second-order valence-corrected chi connectivity index (χ2v) is 11.1. The molecule has 0 spiro atoms. The van der Waals surface area contributed by atoms with E-state index in [0.717, 1.165) is 21.2 Å². The molecule has 11 nitrogen and oxygen atoms in total. The lowest BCUT2D eigenvalue weighted by atomic mass is 10.2. The van der Waals surface area contributed by atoms with Gasteiger partial charge in [0.05, 0.1) is 26.6 Å². The molecular formula is C23H24N4O7S2. The Labute approximate surface area is 210 Å². The lowest BCUT2D eigenvalue weighted by Gasteiger charge is -2.21. The maximum Gasteiger partial charge on any atom is 0.326 e. The van der Waals surface area contributed by atoms with Gasteiger partial charge >= 0.3 is 5.97 Å². The third-order valence-corrected chi connectivity index (χ3v) is 8.77. The summed E-state index contributed by atoms with van der Waals surface area (Å²) in [5.41, 5.74) is 1.08. The molecule has 1 saturated heterocycles. The number of aromatic nitrogens is 1. The Morgan fingerprint density at radius 3 is 2.61 bits per heavy atom. The van der Waals surface area contributed by atoms with Crippen LogP contribution in [-0.4, -0.2) is 53.3 Å². The van der Waals surface area contributed by atoms with E-state index >= 15 is 0 Å². The quantitative estimate of drug-likeness (QED) is 0.259. The van der Waals surface area contributed by atoms with Crippen molar-refractivity contribution in [2.45, 2.75) is 44.2 Å². The SMILES string of the molecule is CCOC(=O)Cn1c(=NC(=O)C2CCCN2S(=O)(=O)c2ccc(C)cc2)sc2ccc([N+](=O)[O-])cc21. The average molecular weight is 533 g/mol. The van der Waals surface area contributed by atoms with Gasteiger partial charge in [-0.2, -0.15) is 9.30 Å². The summed E-state index contributed by atoms with van der Waals surface area (Å²) in [5, 5.41) is 11.3. The minimum atomic E-state index is -3.92. The van der Waals surface area contributed by atoms with Crippen molar-refractivity contribution in [3.8, 4) is 0 Å². The van der Waals surface area contributed by atoms with Gasteiger partial charge in [-0.3, -0.25) is 19.7 Å². The molecule has 0 radical (unpaired) electrons. The molecule has 0 bridgehead atoms. The molecule has 0 saturated carbocycles. The fourth-order valence-corrected chi connectivity index (χ4v) is 6.70. The van der Waals surface area contributed by atoms with Crippen LogP contribution in [0.4, 0.5) is 5.69 Å². The molecule has 0 aliphatic carbocycles. The minimum Gasteiger partial charge on any atom is -0.465 e. The monoisotopic (exact) mass is 532 g/mol. The topological polar surface area (TPSA) is 141 Å². The molecule has 3 aromatic rings. The first-order valence-electron chi connectivity index (χ1n) is 11.2. The second kappa shape index (κ2) is 10.3. The van der Waals surface area contributed by atoms with Crippen LogP contribution >= 0.6 is 11.3 Å². The zero-order valence-corrected chi connectivity index (χ0v) is 21.3. The van der Waals surface area contributed by atoms with Crippen molar-refractivity contribution in [1.82, 2.24) is 8.87 Å². The molecule has 2 heterocycles. The highest BCUT2D eigenvalue weighted by atomic mass is 32.2. The van der Waals surface area contributed by atoms with Crippen molar-refractivity contribution >= 4 is 49.1 Å². The highest BCUT2D eigenvalue weighted by molar-refractivity contribution is 7.89. The molecule has 36 heavy (non-hydrogen) atoms. The summed E-state index contributed by atoms with van der Waals surface area (Å²) in [6, 6.07) is 9.56. The van der Waals surface area contributed by atoms with E-state index in [9.17, 15) is 28.1 Å². The smallest absolute Gasteiger partial charge is 0.326 e. The Morgan fingerprint density at radius 2 is 1.94 bits per heavy atom. The molecule has 4 rings (SSSR count). The maximum atomic E-state index is 13.3. The first-order chi connectivity index (χ1) is 17.1. The number of carbonyl (C=O) groups is 2. The van der Waals surface area contributed by atoms with Gasteiger partial charge in [-0.1, -0.05) is 29.0 Å². The summed E-state index contributed by atoms with van der Waals surface area (Å²) < 4.78 is 34.6. The van der Waals surface area contributed by atoms with Crippen LogP contribution in [0, 0.1) is 17.0 Å². The summed E-state index contributed by atoms with van der Waals surface area (Å²) in [6.07, 6.45) is 0.806. The fraction of sp³-hybridized carbons (Fsp3) is 0.348. The van der Waals surface area contributed by atoms with Crippen molar-refractivity contribution in [2.75, 3.05) is 13.2 Å². The second-order valence-electron chi connectivity index (χ2n) is 8.22. The lowest BCUT2D eigenvalue weighted by Crippen LogP contribution is -2.40. The number of ether oxygens (including phenoxy) is 1. The maximum absolute atomic E-state index is 13.3. The van der Waals surface area contributed by atoms with Gasteiger partial charge in [-0.15, -0.1) is 0 Å². The number of rotatable bonds is 7. The first-order valence-corrected chi connectivity index (χ1v) is 13.5. The van der Waals surface area contributed by atoms with E-state index in [1.807, 2.05) is 6.92 Å². The number of benzene rings is 2. The van der Waals surface area contributed by atoms with Gasteiger partial charge in [0, 0.05) is 18.7 Å². The molecule has 2 aromatic carbocycles. The number of nitrogens with zero attached hydrogens (tertiary/aromatic N) is 4. The van der Waals surface area contributed by atoms with E-state index in [0.29, 0.717) is 23.1 Å². The number of nitro benzene ring substituents is 1. The molecule has 13 heteroatoms. The van der Waals surface area contributed by atoms with E-state index < -0.39 is 32.9 Å². The number of carbonyl (C=O) groups excluding carboxylic acids is 2. The molecule has 1 fully saturated rings. The number of amides is 1. The number of fused-ring (bicyclic) bond motifs is 1. The summed E-state index contributed by atoms with van der Waals surface area (Å²) in [7, 11) is -3.92. The van der Waals surface area contributed by atoms with Gasteiger partial charge in [0.15, 0.2) is 4.80 Å². The van der Waals surface area contributed by atoms with Crippen LogP contribution < -0.4 is 4.80 Å². The Kier molecular flexibility index (Phi) is 7.33. The van der Waals surface area contributed by atoms with Gasteiger partial charge in [0.1, 0.15) is 12.6 Å². The van der Waals surface area contributed by atoms with E-state index in [1.165, 1.54) is 34.9 Å². The minimum absolute atomic E-state index is 0.0966. The summed E-state index contributed by atoms with van der Waals surface area (Å²) in [5.74, 6) is -1.26. The predicted octanol–water partition coefficient (Wildman–Crippen LogP) is 2.76. The predicted molar refractivity (Wildman–Crippen MR) is 132 cm³/mol. The highest BCUT2D eigenvalue weighted by Crippen LogP contribution is 2.28. The van der Waals surface area contributed by atoms with Crippen LogP contribution in [0.2, 0.25) is 0 Å². The Balaban J connectivity index is 1.75. The van der Waals surface area contributed by atoms with E-state index in [1.54, 1.807) is 19.1 Å². The van der Waals surface area contributed by atoms with E-state index in [4.69, 9.17) is 4.74 Å². The van der Waals surface area contributed by atoms with Crippen LogP contribution in [0.3, 0.4) is 0 Å². The highest BCUT2D eigenvalue weighted by Gasteiger charge is 2.39. The average Bonchev–Trinajstić information content (AvgIpc) is 3.45. The van der Waals surface area contributed by atoms with Gasteiger partial charge in [0.25, 0.3) is 11.6 Å². The fourth-order valence-electron chi connectivity index (χ4n) is 4.03. The Bertz CT molecular complexity index is 1510. The zero-order valence-electron chi connectivity index (χ0n) is 19.6. The van der Waals surface area contributed by atoms with Crippen molar-refractivity contribution < 1.29 is 27.7 Å². The summed E-state index contributed by atoms with van der Waals surface area (Å²) in [6.45, 7) is 3.52.